The third-order valence-corrected chi connectivity index (χ3v) is 4.47. The maximum Gasteiger partial charge on any atom is 0.0526 e. The van der Waals surface area contributed by atoms with Gasteiger partial charge in [-0.1, -0.05) is 12.1 Å². The lowest BCUT2D eigenvalue weighted by Gasteiger charge is -2.06. The van der Waals surface area contributed by atoms with Gasteiger partial charge in [-0.15, -0.1) is 11.8 Å². The van der Waals surface area contributed by atoms with Crippen molar-refractivity contribution in [2.45, 2.75) is 17.6 Å². The minimum Gasteiger partial charge on any atom is -0.385 e. The first-order valence-corrected chi connectivity index (χ1v) is 7.63. The van der Waals surface area contributed by atoms with Gasteiger partial charge in [0.25, 0.3) is 0 Å². The Morgan fingerprint density at radius 1 is 1.28 bits per heavy atom. The smallest absolute Gasteiger partial charge is 0.0526 e. The Labute approximate surface area is 120 Å². The molecular weight excluding hydrogens is 308 g/mol. The van der Waals surface area contributed by atoms with Crippen LogP contribution in [0.2, 0.25) is 0 Å². The normalized spacial score (nSPS) is 10.3. The van der Waals surface area contributed by atoms with Crippen LogP contribution >= 0.6 is 27.7 Å². The number of anilines is 1. The number of halogens is 1. The summed E-state index contributed by atoms with van der Waals surface area (Å²) >= 11 is 5.35. The fourth-order valence-electron chi connectivity index (χ4n) is 1.58. The van der Waals surface area contributed by atoms with E-state index in [0.717, 1.165) is 28.2 Å². The largest absolute Gasteiger partial charge is 0.385 e. The van der Waals surface area contributed by atoms with E-state index in [4.69, 9.17) is 0 Å². The van der Waals surface area contributed by atoms with Gasteiger partial charge in [-0.05, 0) is 47.1 Å². The highest BCUT2D eigenvalue weighted by molar-refractivity contribution is 9.10. The van der Waals surface area contributed by atoms with Gasteiger partial charge in [0, 0.05) is 33.6 Å². The van der Waals surface area contributed by atoms with Crippen molar-refractivity contribution in [3.05, 3.63) is 52.8 Å². The van der Waals surface area contributed by atoms with Gasteiger partial charge in [0.2, 0.25) is 0 Å². The van der Waals surface area contributed by atoms with E-state index in [0.29, 0.717) is 0 Å². The van der Waals surface area contributed by atoms with E-state index in [1.54, 1.807) is 11.8 Å². The second-order valence-electron chi connectivity index (χ2n) is 3.79. The Morgan fingerprint density at radius 2 is 2.11 bits per heavy atom. The number of nitrogens with one attached hydrogen (secondary N) is 1. The first kappa shape index (κ1) is 13.4. The van der Waals surface area contributed by atoms with E-state index in [1.807, 2.05) is 18.3 Å². The van der Waals surface area contributed by atoms with Crippen LogP contribution in [-0.2, 0) is 5.75 Å². The Balaban J connectivity index is 2.02. The highest BCUT2D eigenvalue weighted by Gasteiger charge is 2.02. The molecule has 0 aliphatic rings. The fraction of sp³-hybridized carbons (Fsp3) is 0.214. The molecule has 2 nitrogen and oxygen atoms in total. The lowest BCUT2D eigenvalue weighted by molar-refractivity contribution is 1.15. The molecule has 0 saturated heterocycles. The van der Waals surface area contributed by atoms with E-state index < -0.39 is 0 Å². The Kier molecular flexibility index (Phi) is 5.08. The van der Waals surface area contributed by atoms with Gasteiger partial charge < -0.3 is 5.32 Å². The molecule has 1 N–H and O–H groups in total. The maximum absolute atomic E-state index is 4.39. The van der Waals surface area contributed by atoms with Crippen LogP contribution in [0.25, 0.3) is 0 Å². The van der Waals surface area contributed by atoms with Gasteiger partial charge in [-0.25, -0.2) is 0 Å². The summed E-state index contributed by atoms with van der Waals surface area (Å²) in [4.78, 5) is 5.63. The van der Waals surface area contributed by atoms with Crippen molar-refractivity contribution in [2.24, 2.45) is 0 Å². The quantitative estimate of drug-likeness (QED) is 0.816. The van der Waals surface area contributed by atoms with Gasteiger partial charge >= 0.3 is 0 Å². The van der Waals surface area contributed by atoms with Crippen LogP contribution in [0.5, 0.6) is 0 Å². The molecule has 1 heterocycles. The number of rotatable bonds is 5. The molecule has 0 fully saturated rings. The molecule has 1 aromatic carbocycles. The topological polar surface area (TPSA) is 24.9 Å². The molecule has 0 saturated carbocycles. The number of hydrogen-bond donors (Lipinski definition) is 1. The molecule has 18 heavy (non-hydrogen) atoms. The van der Waals surface area contributed by atoms with Crippen LogP contribution in [0, 0.1) is 0 Å². The van der Waals surface area contributed by atoms with Crippen LogP contribution in [0.3, 0.4) is 0 Å². The Morgan fingerprint density at radius 3 is 2.89 bits per heavy atom. The SMILES string of the molecule is CCNc1ccnc(CSc2ccccc2Br)c1. The number of nitrogens with zero attached hydrogens (tertiary/aromatic N) is 1. The predicted octanol–water partition coefficient (Wildman–Crippen LogP) is 4.57. The minimum atomic E-state index is 0.877. The van der Waals surface area contributed by atoms with Crippen molar-refractivity contribution in [1.29, 1.82) is 0 Å². The molecule has 0 unspecified atom stereocenters. The van der Waals surface area contributed by atoms with Crippen LogP contribution < -0.4 is 5.32 Å². The molecule has 1 aromatic heterocycles. The summed E-state index contributed by atoms with van der Waals surface area (Å²) in [6.45, 7) is 3.02. The molecule has 0 amide bonds. The average molecular weight is 323 g/mol. The Hall–Kier alpha value is -1.00. The monoisotopic (exact) mass is 322 g/mol. The summed E-state index contributed by atoms with van der Waals surface area (Å²) in [5.41, 5.74) is 2.23. The zero-order chi connectivity index (χ0) is 12.8. The minimum absolute atomic E-state index is 0.877. The first-order valence-electron chi connectivity index (χ1n) is 5.85. The highest BCUT2D eigenvalue weighted by Crippen LogP contribution is 2.29. The summed E-state index contributed by atoms with van der Waals surface area (Å²) < 4.78 is 1.14. The highest BCUT2D eigenvalue weighted by atomic mass is 79.9. The second kappa shape index (κ2) is 6.81. The zero-order valence-corrected chi connectivity index (χ0v) is 12.6. The number of aromatic nitrogens is 1. The summed E-state index contributed by atoms with van der Waals surface area (Å²) in [7, 11) is 0. The van der Waals surface area contributed by atoms with Crippen LogP contribution in [0.1, 0.15) is 12.6 Å². The van der Waals surface area contributed by atoms with E-state index in [-0.39, 0.29) is 0 Å². The van der Waals surface area contributed by atoms with Crippen molar-refractivity contribution < 1.29 is 0 Å². The number of benzene rings is 1. The van der Waals surface area contributed by atoms with E-state index in [1.165, 1.54) is 4.90 Å². The molecule has 94 valence electrons. The van der Waals surface area contributed by atoms with Gasteiger partial charge in [0.15, 0.2) is 0 Å². The standard InChI is InChI=1S/C14H15BrN2S/c1-2-16-11-7-8-17-12(9-11)10-18-14-6-4-3-5-13(14)15/h3-9H,2,10H2,1H3,(H,16,17). The van der Waals surface area contributed by atoms with Crippen LogP contribution in [0.4, 0.5) is 5.69 Å². The van der Waals surface area contributed by atoms with Crippen molar-refractivity contribution in [3.63, 3.8) is 0 Å². The molecule has 0 atom stereocenters. The van der Waals surface area contributed by atoms with Gasteiger partial charge in [0.1, 0.15) is 0 Å². The molecule has 0 aliphatic carbocycles. The van der Waals surface area contributed by atoms with Gasteiger partial charge in [0.05, 0.1) is 5.69 Å². The molecule has 0 spiro atoms. The average Bonchev–Trinajstić information content (AvgIpc) is 2.39. The van der Waals surface area contributed by atoms with Crippen molar-refractivity contribution >= 4 is 33.4 Å². The van der Waals surface area contributed by atoms with Gasteiger partial charge in [-0.3, -0.25) is 4.98 Å². The molecule has 0 bridgehead atoms. The summed E-state index contributed by atoms with van der Waals surface area (Å²) in [5, 5.41) is 3.30. The zero-order valence-electron chi connectivity index (χ0n) is 10.2. The molecule has 0 aliphatic heterocycles. The maximum atomic E-state index is 4.39. The number of pyridine rings is 1. The lowest BCUT2D eigenvalue weighted by Crippen LogP contribution is -1.97. The molecular formula is C14H15BrN2S. The molecule has 0 radical (unpaired) electrons. The first-order chi connectivity index (χ1) is 8.79. The van der Waals surface area contributed by atoms with E-state index >= 15 is 0 Å². The van der Waals surface area contributed by atoms with Crippen molar-refractivity contribution in [2.75, 3.05) is 11.9 Å². The van der Waals surface area contributed by atoms with Crippen LogP contribution in [0.15, 0.2) is 52.0 Å². The van der Waals surface area contributed by atoms with Crippen LogP contribution in [-0.4, -0.2) is 11.5 Å². The van der Waals surface area contributed by atoms with Crippen molar-refractivity contribution in [1.82, 2.24) is 4.98 Å². The number of hydrogen-bond acceptors (Lipinski definition) is 3. The van der Waals surface area contributed by atoms with Crippen molar-refractivity contribution in [3.8, 4) is 0 Å². The summed E-state index contributed by atoms with van der Waals surface area (Å²) in [5.74, 6) is 0.877. The fourth-order valence-corrected chi connectivity index (χ4v) is 3.05. The van der Waals surface area contributed by atoms with Gasteiger partial charge in [-0.2, -0.15) is 0 Å². The molecule has 2 rings (SSSR count). The van der Waals surface area contributed by atoms with E-state index in [9.17, 15) is 0 Å². The lowest BCUT2D eigenvalue weighted by atomic mass is 10.3. The number of thioether (sulfide) groups is 1. The molecule has 4 heteroatoms. The third-order valence-electron chi connectivity index (χ3n) is 2.41. The summed E-state index contributed by atoms with van der Waals surface area (Å²) in [6, 6.07) is 12.4. The second-order valence-corrected chi connectivity index (χ2v) is 5.66. The molecule has 2 aromatic rings. The van der Waals surface area contributed by atoms with E-state index in [2.05, 4.69) is 57.4 Å². The summed E-state index contributed by atoms with van der Waals surface area (Å²) in [6.07, 6.45) is 1.86. The third kappa shape index (κ3) is 3.75. The predicted molar refractivity (Wildman–Crippen MR) is 82.1 cm³/mol. The Bertz CT molecular complexity index is 517.